The first kappa shape index (κ1) is 21.0. The van der Waals surface area contributed by atoms with Gasteiger partial charge in [0.2, 0.25) is 0 Å². The third kappa shape index (κ3) is 5.48. The van der Waals surface area contributed by atoms with Crippen molar-refractivity contribution in [1.82, 2.24) is 20.2 Å². The Bertz CT molecular complexity index is 1240. The van der Waals surface area contributed by atoms with Crippen molar-refractivity contribution in [2.24, 2.45) is 0 Å². The molecule has 31 heavy (non-hydrogen) atoms. The van der Waals surface area contributed by atoms with Crippen LogP contribution in [0, 0.1) is 0 Å². The predicted octanol–water partition coefficient (Wildman–Crippen LogP) is 3.61. The molecule has 0 saturated heterocycles. The molecule has 4 aromatic rings. The average Bonchev–Trinajstić information content (AvgIpc) is 3.47. The van der Waals surface area contributed by atoms with E-state index < -0.39 is 10.0 Å². The molecule has 0 bridgehead atoms. The van der Waals surface area contributed by atoms with E-state index in [0.717, 1.165) is 10.7 Å². The first-order chi connectivity index (χ1) is 15.0. The second kappa shape index (κ2) is 9.29. The topological polar surface area (TPSA) is 130 Å². The van der Waals surface area contributed by atoms with E-state index in [9.17, 15) is 13.2 Å². The number of hydrogen-bond donors (Lipinski definition) is 3. The van der Waals surface area contributed by atoms with Gasteiger partial charge in [-0.2, -0.15) is 5.10 Å². The maximum atomic E-state index is 12.5. The summed E-state index contributed by atoms with van der Waals surface area (Å²) in [5, 5.41) is 12.0. The lowest BCUT2D eigenvalue weighted by atomic mass is 10.1. The van der Waals surface area contributed by atoms with Gasteiger partial charge < -0.3 is 5.32 Å². The number of carbonyl (C=O) groups is 1. The van der Waals surface area contributed by atoms with Gasteiger partial charge in [0.1, 0.15) is 6.33 Å². The van der Waals surface area contributed by atoms with Crippen LogP contribution in [0.15, 0.2) is 76.5 Å². The molecule has 158 valence electrons. The van der Waals surface area contributed by atoms with Gasteiger partial charge in [-0.3, -0.25) is 14.6 Å². The highest BCUT2D eigenvalue weighted by molar-refractivity contribution is 7.98. The summed E-state index contributed by atoms with van der Waals surface area (Å²) in [4.78, 5) is 20.5. The Morgan fingerprint density at radius 3 is 2.48 bits per heavy atom. The lowest BCUT2D eigenvalue weighted by Crippen LogP contribution is -2.14. The Kier molecular flexibility index (Phi) is 6.30. The second-order valence-electron chi connectivity index (χ2n) is 6.20. The van der Waals surface area contributed by atoms with Gasteiger partial charge in [-0.25, -0.2) is 18.4 Å². The van der Waals surface area contributed by atoms with Gasteiger partial charge in [0.25, 0.3) is 15.9 Å². The Balaban J connectivity index is 1.36. The standard InChI is InChI=1S/C19H16N6O3S3/c26-17(14-3-1-13(2-4-14)11-30-18-21-12-22-24-18)23-15-5-7-16(8-6-15)31(27,28)25-19-20-9-10-29-19/h1-10,12H,11H2,(H,20,25)(H,23,26)(H,21,22,24). The molecule has 0 aliphatic heterocycles. The zero-order valence-corrected chi connectivity index (χ0v) is 18.3. The Hall–Kier alpha value is -3.22. The third-order valence-electron chi connectivity index (χ3n) is 4.06. The quantitative estimate of drug-likeness (QED) is 0.334. The maximum absolute atomic E-state index is 12.5. The number of rotatable bonds is 8. The number of sulfonamides is 1. The molecule has 0 aliphatic rings. The van der Waals surface area contributed by atoms with Crippen LogP contribution in [-0.2, 0) is 15.8 Å². The number of thiazole rings is 1. The van der Waals surface area contributed by atoms with Gasteiger partial charge in [0.05, 0.1) is 4.90 Å². The van der Waals surface area contributed by atoms with E-state index in [1.807, 2.05) is 12.1 Å². The summed E-state index contributed by atoms with van der Waals surface area (Å²) in [6, 6.07) is 13.2. The fraction of sp³-hybridized carbons (Fsp3) is 0.0526. The van der Waals surface area contributed by atoms with Crippen LogP contribution in [0.4, 0.5) is 10.8 Å². The van der Waals surface area contributed by atoms with Crippen LogP contribution in [0.2, 0.25) is 0 Å². The van der Waals surface area contributed by atoms with Gasteiger partial charge in [-0.15, -0.1) is 11.3 Å². The van der Waals surface area contributed by atoms with E-state index in [4.69, 9.17) is 0 Å². The van der Waals surface area contributed by atoms with Gasteiger partial charge in [0, 0.05) is 28.6 Å². The van der Waals surface area contributed by atoms with Crippen LogP contribution in [0.1, 0.15) is 15.9 Å². The summed E-state index contributed by atoms with van der Waals surface area (Å²) in [7, 11) is -3.73. The number of thioether (sulfide) groups is 1. The fourth-order valence-electron chi connectivity index (χ4n) is 2.54. The van der Waals surface area contributed by atoms with Crippen LogP contribution < -0.4 is 10.0 Å². The summed E-state index contributed by atoms with van der Waals surface area (Å²) in [5.41, 5.74) is 2.03. The minimum Gasteiger partial charge on any atom is -0.322 e. The minimum absolute atomic E-state index is 0.0781. The summed E-state index contributed by atoms with van der Waals surface area (Å²) in [5.74, 6) is 0.410. The number of aromatic amines is 1. The molecule has 2 aromatic heterocycles. The van der Waals surface area contributed by atoms with E-state index in [2.05, 4.69) is 30.2 Å². The highest BCUT2D eigenvalue weighted by Gasteiger charge is 2.15. The van der Waals surface area contributed by atoms with E-state index >= 15 is 0 Å². The van der Waals surface area contributed by atoms with Crippen molar-refractivity contribution in [3.05, 3.63) is 77.6 Å². The molecule has 1 amide bonds. The molecule has 0 saturated carbocycles. The normalized spacial score (nSPS) is 11.2. The molecular weight excluding hydrogens is 456 g/mol. The Morgan fingerprint density at radius 2 is 1.84 bits per heavy atom. The van der Waals surface area contributed by atoms with E-state index in [0.29, 0.717) is 22.1 Å². The molecule has 0 spiro atoms. The molecular formula is C19H16N6O3S3. The van der Waals surface area contributed by atoms with Crippen LogP contribution >= 0.6 is 23.1 Å². The van der Waals surface area contributed by atoms with Crippen molar-refractivity contribution >= 4 is 49.8 Å². The van der Waals surface area contributed by atoms with Gasteiger partial charge >= 0.3 is 0 Å². The number of aromatic nitrogens is 4. The third-order valence-corrected chi connectivity index (χ3v) is 7.18. The molecule has 2 aromatic carbocycles. The zero-order valence-electron chi connectivity index (χ0n) is 15.8. The zero-order chi connectivity index (χ0) is 21.7. The van der Waals surface area contributed by atoms with Crippen molar-refractivity contribution in [2.75, 3.05) is 10.0 Å². The first-order valence-electron chi connectivity index (χ1n) is 8.90. The van der Waals surface area contributed by atoms with Crippen LogP contribution in [0.25, 0.3) is 0 Å². The van der Waals surface area contributed by atoms with Crippen LogP contribution in [0.5, 0.6) is 0 Å². The van der Waals surface area contributed by atoms with Crippen molar-refractivity contribution in [3.63, 3.8) is 0 Å². The van der Waals surface area contributed by atoms with Crippen molar-refractivity contribution in [3.8, 4) is 0 Å². The maximum Gasteiger partial charge on any atom is 0.263 e. The van der Waals surface area contributed by atoms with E-state index in [1.54, 1.807) is 17.5 Å². The SMILES string of the molecule is O=C(Nc1ccc(S(=O)(=O)Nc2nccs2)cc1)c1ccc(CSc2ncn[nH]2)cc1. The Labute approximate surface area is 186 Å². The molecule has 0 radical (unpaired) electrons. The average molecular weight is 473 g/mol. The van der Waals surface area contributed by atoms with E-state index in [1.165, 1.54) is 59.9 Å². The number of amides is 1. The number of nitrogens with one attached hydrogen (secondary N) is 3. The largest absolute Gasteiger partial charge is 0.322 e. The monoisotopic (exact) mass is 472 g/mol. The van der Waals surface area contributed by atoms with Gasteiger partial charge in [-0.05, 0) is 42.0 Å². The van der Waals surface area contributed by atoms with Crippen molar-refractivity contribution in [1.29, 1.82) is 0 Å². The van der Waals surface area contributed by atoms with Crippen molar-refractivity contribution < 1.29 is 13.2 Å². The van der Waals surface area contributed by atoms with Gasteiger partial charge in [-0.1, -0.05) is 23.9 Å². The number of hydrogen-bond acceptors (Lipinski definition) is 8. The van der Waals surface area contributed by atoms with Gasteiger partial charge in [0.15, 0.2) is 10.3 Å². The summed E-state index contributed by atoms with van der Waals surface area (Å²) in [6.45, 7) is 0. The summed E-state index contributed by atoms with van der Waals surface area (Å²) < 4.78 is 27.2. The minimum atomic E-state index is -3.73. The number of H-pyrrole nitrogens is 1. The molecule has 0 atom stereocenters. The lowest BCUT2D eigenvalue weighted by Gasteiger charge is -2.08. The molecule has 0 unspecified atom stereocenters. The number of benzene rings is 2. The lowest BCUT2D eigenvalue weighted by molar-refractivity contribution is 0.102. The Morgan fingerprint density at radius 1 is 1.06 bits per heavy atom. The summed E-state index contributed by atoms with van der Waals surface area (Å²) >= 11 is 2.70. The summed E-state index contributed by atoms with van der Waals surface area (Å²) in [6.07, 6.45) is 2.97. The molecule has 0 fully saturated rings. The molecule has 4 rings (SSSR count). The molecule has 2 heterocycles. The second-order valence-corrected chi connectivity index (χ2v) is 9.74. The van der Waals surface area contributed by atoms with E-state index in [-0.39, 0.29) is 10.8 Å². The fourth-order valence-corrected chi connectivity index (χ4v) is 5.06. The van der Waals surface area contributed by atoms with Crippen molar-refractivity contribution in [2.45, 2.75) is 15.8 Å². The van der Waals surface area contributed by atoms with Crippen LogP contribution in [0.3, 0.4) is 0 Å². The smallest absolute Gasteiger partial charge is 0.263 e. The molecule has 3 N–H and O–H groups in total. The first-order valence-corrected chi connectivity index (χ1v) is 12.3. The number of anilines is 2. The molecule has 0 aliphatic carbocycles. The number of nitrogens with zero attached hydrogens (tertiary/aromatic N) is 3. The number of carbonyl (C=O) groups excluding carboxylic acids is 1. The van der Waals surface area contributed by atoms with Crippen LogP contribution in [-0.4, -0.2) is 34.5 Å². The molecule has 9 nitrogen and oxygen atoms in total. The highest BCUT2D eigenvalue weighted by Crippen LogP contribution is 2.21. The molecule has 12 heteroatoms. The predicted molar refractivity (Wildman–Crippen MR) is 120 cm³/mol. The highest BCUT2D eigenvalue weighted by atomic mass is 32.2.